The molecule has 0 aromatic heterocycles. The summed E-state index contributed by atoms with van der Waals surface area (Å²) in [5, 5.41) is 12.2. The predicted octanol–water partition coefficient (Wildman–Crippen LogP) is 1.67. The second kappa shape index (κ2) is 6.18. The molecule has 2 aliphatic heterocycles. The number of amides is 2. The fourth-order valence-corrected chi connectivity index (χ4v) is 3.34. The van der Waals surface area contributed by atoms with E-state index >= 15 is 0 Å². The monoisotopic (exact) mass is 352 g/mol. The Bertz CT molecular complexity index is 924. The summed E-state index contributed by atoms with van der Waals surface area (Å²) in [6.07, 6.45) is 0.266. The minimum absolute atomic E-state index is 0.0652. The number of aliphatic carboxylic acids is 1. The number of hydrogen-bond acceptors (Lipinski definition) is 4. The maximum absolute atomic E-state index is 13.0. The number of rotatable bonds is 2. The van der Waals surface area contributed by atoms with Crippen LogP contribution < -0.4 is 10.1 Å². The van der Waals surface area contributed by atoms with E-state index in [1.165, 1.54) is 11.0 Å². The number of fused-ring (bicyclic) bond motifs is 2. The first-order chi connectivity index (χ1) is 12.5. The van der Waals surface area contributed by atoms with Crippen molar-refractivity contribution in [3.63, 3.8) is 0 Å². The van der Waals surface area contributed by atoms with Gasteiger partial charge >= 0.3 is 5.97 Å². The number of anilines is 1. The van der Waals surface area contributed by atoms with Crippen LogP contribution in [0.3, 0.4) is 0 Å². The lowest BCUT2D eigenvalue weighted by atomic mass is 9.93. The summed E-state index contributed by atoms with van der Waals surface area (Å²) in [4.78, 5) is 37.6. The molecule has 2 aromatic carbocycles. The lowest BCUT2D eigenvalue weighted by Crippen LogP contribution is -2.48. The molecule has 7 nitrogen and oxygen atoms in total. The van der Waals surface area contributed by atoms with E-state index in [-0.39, 0.29) is 25.5 Å². The molecule has 2 amide bonds. The molecule has 0 bridgehead atoms. The second-order valence-electron chi connectivity index (χ2n) is 6.31. The van der Waals surface area contributed by atoms with Crippen LogP contribution in [-0.2, 0) is 22.6 Å². The molecule has 26 heavy (non-hydrogen) atoms. The number of nitrogens with one attached hydrogen (secondary N) is 1. The highest BCUT2D eigenvalue weighted by atomic mass is 16.5. The van der Waals surface area contributed by atoms with E-state index < -0.39 is 17.9 Å². The Hall–Kier alpha value is -3.35. The molecule has 0 aliphatic carbocycles. The topological polar surface area (TPSA) is 95.9 Å². The van der Waals surface area contributed by atoms with E-state index in [1.54, 1.807) is 12.1 Å². The summed E-state index contributed by atoms with van der Waals surface area (Å²) in [7, 11) is 0. The Morgan fingerprint density at radius 3 is 2.69 bits per heavy atom. The highest BCUT2D eigenvalue weighted by Crippen LogP contribution is 2.30. The van der Waals surface area contributed by atoms with Crippen molar-refractivity contribution in [1.82, 2.24) is 4.90 Å². The van der Waals surface area contributed by atoms with E-state index in [0.717, 1.165) is 11.1 Å². The lowest BCUT2D eigenvalue weighted by molar-refractivity contribution is -0.142. The highest BCUT2D eigenvalue weighted by Gasteiger charge is 2.35. The Balaban J connectivity index is 1.67. The smallest absolute Gasteiger partial charge is 0.326 e. The fraction of sp³-hybridized carbons (Fsp3) is 0.211. The molecule has 0 spiro atoms. The van der Waals surface area contributed by atoms with Crippen molar-refractivity contribution >= 4 is 23.5 Å². The third kappa shape index (κ3) is 2.77. The number of carboxylic acids is 1. The predicted molar refractivity (Wildman–Crippen MR) is 92.0 cm³/mol. The summed E-state index contributed by atoms with van der Waals surface area (Å²) in [6.45, 7) is 0.163. The van der Waals surface area contributed by atoms with E-state index in [1.807, 2.05) is 24.3 Å². The van der Waals surface area contributed by atoms with E-state index in [0.29, 0.717) is 17.0 Å². The number of hydrogen-bond donors (Lipinski definition) is 2. The van der Waals surface area contributed by atoms with Gasteiger partial charge in [-0.2, -0.15) is 0 Å². The largest absolute Gasteiger partial charge is 0.482 e. The van der Waals surface area contributed by atoms with Gasteiger partial charge in [-0.1, -0.05) is 24.3 Å². The average molecular weight is 352 g/mol. The molecule has 2 heterocycles. The van der Waals surface area contributed by atoms with Crippen LogP contribution >= 0.6 is 0 Å². The minimum Gasteiger partial charge on any atom is -0.482 e. The van der Waals surface area contributed by atoms with Gasteiger partial charge in [-0.05, 0) is 29.3 Å². The molecular formula is C19H16N2O5. The Labute approximate surface area is 149 Å². The van der Waals surface area contributed by atoms with Crippen LogP contribution in [0.4, 0.5) is 5.69 Å². The first-order valence-electron chi connectivity index (χ1n) is 8.20. The first kappa shape index (κ1) is 16.1. The van der Waals surface area contributed by atoms with Gasteiger partial charge in [-0.15, -0.1) is 0 Å². The average Bonchev–Trinajstić information content (AvgIpc) is 2.65. The zero-order chi connectivity index (χ0) is 18.3. The molecule has 0 saturated carbocycles. The van der Waals surface area contributed by atoms with Crippen LogP contribution in [0.1, 0.15) is 21.5 Å². The summed E-state index contributed by atoms with van der Waals surface area (Å²) in [5.41, 5.74) is 2.60. The second-order valence-corrected chi connectivity index (χ2v) is 6.31. The van der Waals surface area contributed by atoms with Gasteiger partial charge in [0.05, 0.1) is 5.69 Å². The molecule has 132 valence electrons. The standard InChI is InChI=1S/C19H16N2O5/c22-17-10-26-16-6-5-12(7-14(16)20-17)18(23)21-9-13-4-2-1-3-11(13)8-15(21)19(24)25/h1-7,15H,8-10H2,(H,20,22)(H,24,25)/t15-/m1/s1. The first-order valence-corrected chi connectivity index (χ1v) is 8.20. The van der Waals surface area contributed by atoms with Gasteiger partial charge in [0.1, 0.15) is 11.8 Å². The summed E-state index contributed by atoms with van der Waals surface area (Å²) in [6, 6.07) is 11.3. The lowest BCUT2D eigenvalue weighted by Gasteiger charge is -2.34. The number of nitrogens with zero attached hydrogens (tertiary/aromatic N) is 1. The molecule has 2 aromatic rings. The van der Waals surface area contributed by atoms with Crippen molar-refractivity contribution < 1.29 is 24.2 Å². The van der Waals surface area contributed by atoms with Gasteiger partial charge in [0.25, 0.3) is 11.8 Å². The van der Waals surface area contributed by atoms with Crippen LogP contribution in [0.25, 0.3) is 0 Å². The zero-order valence-corrected chi connectivity index (χ0v) is 13.8. The molecule has 0 unspecified atom stereocenters. The van der Waals surface area contributed by atoms with E-state index in [9.17, 15) is 19.5 Å². The van der Waals surface area contributed by atoms with Crippen LogP contribution in [-0.4, -0.2) is 40.4 Å². The van der Waals surface area contributed by atoms with Gasteiger partial charge in [-0.3, -0.25) is 9.59 Å². The fourth-order valence-electron chi connectivity index (χ4n) is 3.34. The van der Waals surface area contributed by atoms with Gasteiger partial charge in [0.2, 0.25) is 0 Å². The third-order valence-corrected chi connectivity index (χ3v) is 4.65. The minimum atomic E-state index is -1.04. The maximum atomic E-state index is 13.0. The van der Waals surface area contributed by atoms with Crippen LogP contribution in [0, 0.1) is 0 Å². The van der Waals surface area contributed by atoms with Crippen LogP contribution in [0.5, 0.6) is 5.75 Å². The maximum Gasteiger partial charge on any atom is 0.326 e. The molecular weight excluding hydrogens is 336 g/mol. The molecule has 2 N–H and O–H groups in total. The van der Waals surface area contributed by atoms with Crippen molar-refractivity contribution in [2.75, 3.05) is 11.9 Å². The van der Waals surface area contributed by atoms with Gasteiger partial charge in [-0.25, -0.2) is 4.79 Å². The number of benzene rings is 2. The van der Waals surface area contributed by atoms with Crippen LogP contribution in [0.15, 0.2) is 42.5 Å². The molecule has 4 rings (SSSR count). The SMILES string of the molecule is O=C1COc2ccc(C(=O)N3Cc4ccccc4C[C@@H]3C(=O)O)cc2N1. The van der Waals surface area contributed by atoms with Crippen molar-refractivity contribution in [3.8, 4) is 5.75 Å². The molecule has 0 radical (unpaired) electrons. The highest BCUT2D eigenvalue weighted by molar-refractivity contribution is 6.01. The molecule has 2 aliphatic rings. The van der Waals surface area contributed by atoms with Crippen molar-refractivity contribution in [2.45, 2.75) is 19.0 Å². The van der Waals surface area contributed by atoms with Crippen molar-refractivity contribution in [2.24, 2.45) is 0 Å². The molecule has 0 fully saturated rings. The van der Waals surface area contributed by atoms with Gasteiger partial charge in [0, 0.05) is 18.5 Å². The molecule has 0 saturated heterocycles. The van der Waals surface area contributed by atoms with Crippen molar-refractivity contribution in [3.05, 3.63) is 59.2 Å². The van der Waals surface area contributed by atoms with Crippen LogP contribution in [0.2, 0.25) is 0 Å². The quantitative estimate of drug-likeness (QED) is 0.857. The summed E-state index contributed by atoms with van der Waals surface area (Å²) >= 11 is 0. The Kier molecular flexibility index (Phi) is 3.84. The van der Waals surface area contributed by atoms with Crippen molar-refractivity contribution in [1.29, 1.82) is 0 Å². The van der Waals surface area contributed by atoms with Gasteiger partial charge in [0.15, 0.2) is 6.61 Å². The number of ether oxygens (including phenoxy) is 1. The number of carboxylic acid groups (broad SMARTS) is 1. The molecule has 7 heteroatoms. The normalized spacial score (nSPS) is 18.2. The summed E-state index contributed by atoms with van der Waals surface area (Å²) < 4.78 is 5.29. The zero-order valence-electron chi connectivity index (χ0n) is 13.8. The van der Waals surface area contributed by atoms with Gasteiger partial charge < -0.3 is 20.1 Å². The van der Waals surface area contributed by atoms with E-state index in [2.05, 4.69) is 5.32 Å². The Morgan fingerprint density at radius 1 is 1.15 bits per heavy atom. The number of carbonyl (C=O) groups is 3. The van der Waals surface area contributed by atoms with E-state index in [4.69, 9.17) is 4.74 Å². The summed E-state index contributed by atoms with van der Waals surface area (Å²) in [5.74, 6) is -1.24. The number of carbonyl (C=O) groups excluding carboxylic acids is 2. The third-order valence-electron chi connectivity index (χ3n) is 4.65. The molecule has 1 atom stereocenters. The Morgan fingerprint density at radius 2 is 1.92 bits per heavy atom.